The molecule has 0 saturated carbocycles. The van der Waals surface area contributed by atoms with Crippen molar-refractivity contribution < 1.29 is 33.4 Å². The number of rotatable bonds is 4. The van der Waals surface area contributed by atoms with Crippen molar-refractivity contribution in [3.05, 3.63) is 105 Å². The molecule has 0 aliphatic heterocycles. The molecule has 0 unspecified atom stereocenters. The molecule has 0 bridgehead atoms. The molecular weight excluding hydrogens is 514 g/mol. The van der Waals surface area contributed by atoms with Crippen LogP contribution >= 0.6 is 0 Å². The topological polar surface area (TPSA) is 113 Å². The quantitative estimate of drug-likeness (QED) is 0.287. The second-order valence-electron chi connectivity index (χ2n) is 10.3. The number of aromatic nitrogens is 2. The molecule has 7 nitrogen and oxygen atoms in total. The Morgan fingerprint density at radius 2 is 1.03 bits per heavy atom. The van der Waals surface area contributed by atoms with Crippen molar-refractivity contribution >= 4 is 11.9 Å². The maximum absolute atomic E-state index is 8.49. The largest absolute Gasteiger partial charge is 0.310 e. The van der Waals surface area contributed by atoms with Crippen LogP contribution in [-0.2, 0) is 0 Å². The van der Waals surface area contributed by atoms with Gasteiger partial charge in [-0.25, -0.2) is 23.6 Å². The summed E-state index contributed by atoms with van der Waals surface area (Å²) in [5.74, 6) is 1.03. The van der Waals surface area contributed by atoms with Crippen molar-refractivity contribution in [3.8, 4) is 11.4 Å². The molecule has 3 aromatic carbocycles. The second kappa shape index (κ2) is 11.8. The molecule has 0 N–H and O–H groups in total. The number of halogens is 1. The van der Waals surface area contributed by atoms with Crippen LogP contribution in [0.5, 0.6) is 0 Å². The third kappa shape index (κ3) is 7.41. The van der Waals surface area contributed by atoms with E-state index in [1.165, 1.54) is 61.4 Å². The molecule has 39 heavy (non-hydrogen) atoms. The van der Waals surface area contributed by atoms with E-state index in [4.69, 9.17) is 23.6 Å². The van der Waals surface area contributed by atoms with Crippen molar-refractivity contribution in [2.45, 2.75) is 62.3 Å². The monoisotopic (exact) mass is 549 g/mol. The first-order chi connectivity index (χ1) is 18.1. The molecule has 8 heteroatoms. The molecule has 4 aromatic rings. The van der Waals surface area contributed by atoms with E-state index < -0.39 is 10.2 Å². The minimum Gasteiger partial charge on any atom is -0.248 e. The first-order valence-corrected chi connectivity index (χ1v) is 13.8. The van der Waals surface area contributed by atoms with Gasteiger partial charge in [0.1, 0.15) is 30.0 Å². The minimum atomic E-state index is -4.94. The summed E-state index contributed by atoms with van der Waals surface area (Å²) in [5.41, 5.74) is 14.7. The molecule has 0 radical (unpaired) electrons. The summed E-state index contributed by atoms with van der Waals surface area (Å²) in [6.07, 6.45) is 6.36. The molecule has 0 spiro atoms. The Morgan fingerprint density at radius 1 is 0.641 bits per heavy atom. The zero-order valence-corrected chi connectivity index (χ0v) is 24.8. The van der Waals surface area contributed by atoms with Gasteiger partial charge in [-0.2, -0.15) is 9.13 Å². The Labute approximate surface area is 233 Å². The van der Waals surface area contributed by atoms with Gasteiger partial charge < -0.3 is 0 Å². The number of aryl methyl sites for hydroxylation is 9. The van der Waals surface area contributed by atoms with Gasteiger partial charge in [0.25, 0.3) is 0 Å². The first-order valence-electron chi connectivity index (χ1n) is 12.6. The lowest BCUT2D eigenvalue weighted by Gasteiger charge is -2.17. The van der Waals surface area contributed by atoms with Gasteiger partial charge in [-0.1, -0.05) is 53.1 Å². The molecule has 0 amide bonds. The van der Waals surface area contributed by atoms with Crippen LogP contribution in [0.25, 0.3) is 11.4 Å². The van der Waals surface area contributed by atoms with E-state index in [2.05, 4.69) is 120 Å². The lowest BCUT2D eigenvalue weighted by atomic mass is 10.0. The number of nitrogens with zero attached hydrogens (tertiary/aromatic N) is 3. The Kier molecular flexibility index (Phi) is 9.16. The van der Waals surface area contributed by atoms with Gasteiger partial charge in [0.05, 0.1) is 5.69 Å². The van der Waals surface area contributed by atoms with Gasteiger partial charge in [-0.3, -0.25) is 0 Å². The maximum atomic E-state index is 8.49. The fourth-order valence-electron chi connectivity index (χ4n) is 5.51. The number of aliphatic imine (C=N–C) groups is 1. The summed E-state index contributed by atoms with van der Waals surface area (Å²) in [7, 11) is -4.94. The van der Waals surface area contributed by atoms with E-state index in [9.17, 15) is 0 Å². The van der Waals surface area contributed by atoms with Gasteiger partial charge in [-0.05, 0) is 95.7 Å². The van der Waals surface area contributed by atoms with Gasteiger partial charge in [0, 0.05) is 0 Å². The van der Waals surface area contributed by atoms with Gasteiger partial charge in [0.2, 0.25) is 0 Å². The van der Waals surface area contributed by atoms with Crippen LogP contribution in [0.15, 0.2) is 53.8 Å². The van der Waals surface area contributed by atoms with Crippen molar-refractivity contribution in [2.75, 3.05) is 0 Å². The van der Waals surface area contributed by atoms with E-state index >= 15 is 0 Å². The van der Waals surface area contributed by atoms with Gasteiger partial charge >= 0.3 is 5.82 Å². The van der Waals surface area contributed by atoms with Crippen LogP contribution in [-0.4, -0.2) is 10.8 Å². The molecule has 4 rings (SSSR count). The highest BCUT2D eigenvalue weighted by molar-refractivity contribution is 5.79. The predicted molar refractivity (Wildman–Crippen MR) is 144 cm³/mol. The number of hydrogen-bond acceptors (Lipinski definition) is 5. The van der Waals surface area contributed by atoms with E-state index in [1.54, 1.807) is 0 Å². The zero-order valence-electron chi connectivity index (χ0n) is 24.0. The Bertz CT molecular complexity index is 1400. The zero-order chi connectivity index (χ0) is 29.2. The Morgan fingerprint density at radius 3 is 1.46 bits per heavy atom. The minimum absolute atomic E-state index is 1.03. The average Bonchev–Trinajstić information content (AvgIpc) is 3.13. The van der Waals surface area contributed by atoms with Crippen LogP contribution in [0.2, 0.25) is 0 Å². The summed E-state index contributed by atoms with van der Waals surface area (Å²) in [6, 6.07) is 13.4. The van der Waals surface area contributed by atoms with Crippen molar-refractivity contribution in [1.82, 2.24) is 4.57 Å². The normalized spacial score (nSPS) is 11.6. The van der Waals surface area contributed by atoms with Crippen molar-refractivity contribution in [3.63, 3.8) is 0 Å². The molecule has 1 aromatic heterocycles. The van der Waals surface area contributed by atoms with Crippen LogP contribution in [0.4, 0.5) is 5.69 Å². The van der Waals surface area contributed by atoms with Crippen molar-refractivity contribution in [2.24, 2.45) is 4.99 Å². The lowest BCUT2D eigenvalue weighted by molar-refractivity contribution is -2.00. The summed E-state index contributed by atoms with van der Waals surface area (Å²) in [6.45, 7) is 19.5. The average molecular weight is 550 g/mol. The molecule has 0 aliphatic carbocycles. The second-order valence-corrected chi connectivity index (χ2v) is 11.0. The third-order valence-electron chi connectivity index (χ3n) is 6.56. The molecule has 0 atom stereocenters. The molecule has 0 fully saturated rings. The fourth-order valence-corrected chi connectivity index (χ4v) is 5.51. The number of imidazole rings is 1. The smallest absolute Gasteiger partial charge is 0.248 e. The molecular formula is C31H36ClN3O4. The van der Waals surface area contributed by atoms with E-state index in [0.29, 0.717) is 0 Å². The highest BCUT2D eigenvalue weighted by Crippen LogP contribution is 2.27. The van der Waals surface area contributed by atoms with Crippen LogP contribution in [0.1, 0.15) is 55.9 Å². The molecule has 0 aliphatic rings. The van der Waals surface area contributed by atoms with E-state index in [0.717, 1.165) is 11.5 Å². The highest BCUT2D eigenvalue weighted by atomic mass is 35.7. The summed E-state index contributed by atoms with van der Waals surface area (Å²) in [4.78, 5) is 5.05. The van der Waals surface area contributed by atoms with Crippen molar-refractivity contribution in [1.29, 1.82) is 0 Å². The molecule has 0 saturated heterocycles. The number of benzene rings is 3. The van der Waals surface area contributed by atoms with Gasteiger partial charge in [-0.15, -0.1) is 10.2 Å². The summed E-state index contributed by atoms with van der Waals surface area (Å²) < 4.78 is 38.5. The molecule has 1 heterocycles. The maximum Gasteiger partial charge on any atom is 0.310 e. The van der Waals surface area contributed by atoms with E-state index in [-0.39, 0.29) is 0 Å². The summed E-state index contributed by atoms with van der Waals surface area (Å²) >= 11 is 0. The van der Waals surface area contributed by atoms with Gasteiger partial charge in [0.15, 0.2) is 0 Å². The van der Waals surface area contributed by atoms with Crippen LogP contribution in [0, 0.1) is 72.6 Å². The van der Waals surface area contributed by atoms with Crippen LogP contribution < -0.4 is 23.2 Å². The molecule has 206 valence electrons. The summed E-state index contributed by atoms with van der Waals surface area (Å²) in [5, 5.41) is 0. The lowest BCUT2D eigenvalue weighted by Crippen LogP contribution is -2.68. The predicted octanol–water partition coefficient (Wildman–Crippen LogP) is 2.52. The third-order valence-corrected chi connectivity index (χ3v) is 6.56. The highest BCUT2D eigenvalue weighted by Gasteiger charge is 2.24. The van der Waals surface area contributed by atoms with E-state index in [1.807, 2.05) is 6.21 Å². The Balaban J connectivity index is 0.000000771. The first kappa shape index (κ1) is 30.2. The number of hydrogen-bond donors (Lipinski definition) is 0. The SMILES string of the molecule is Cc1cc(C)c(N=Cc2n(-c3c(C)cc(C)cc3C)cc[n+]2-c2c(C)cc(C)cc2C)c(C)c1.[O-][Cl+3]([O-])([O-])[O-]. The Hall–Kier alpha value is -3.33. The standard InChI is InChI=1S/C31H36N3.ClHO4/c1-19-12-22(4)29(23(5)13-19)32-18-28-33(30-24(6)14-20(2)15-25(30)7)10-11-34(28)31-26(8)16-21(3)17-27(31)9;2-1(3,4)5/h10-18H,1-9H3;(H,2,3,4,5)/q+1;/p-1. The fraction of sp³-hybridized carbons (Fsp3) is 0.290. The van der Waals surface area contributed by atoms with Crippen LogP contribution in [0.3, 0.4) is 0 Å².